The smallest absolute Gasteiger partial charge is 0.325 e. The Hall–Kier alpha value is -2.83. The second-order valence-corrected chi connectivity index (χ2v) is 4.92. The topological polar surface area (TPSA) is 93.5 Å². The van der Waals surface area contributed by atoms with E-state index >= 15 is 0 Å². The molecule has 0 bridgehead atoms. The van der Waals surface area contributed by atoms with Gasteiger partial charge < -0.3 is 15.2 Å². The lowest BCUT2D eigenvalue weighted by Crippen LogP contribution is -2.14. The highest BCUT2D eigenvalue weighted by Gasteiger charge is 2.07. The standard InChI is InChI=1S/C16H19N3O4/c1-2-23-13-6-3-12(4-7-13)5-8-15(20)17-14-9-10-19(18-14)11-16(21)22/h3-4,6-7,9-10H,2,5,8,11H2,1H3,(H,21,22)(H,17,18,20). The average molecular weight is 317 g/mol. The minimum absolute atomic E-state index is 0.167. The summed E-state index contributed by atoms with van der Waals surface area (Å²) in [4.78, 5) is 22.5. The molecular formula is C16H19N3O4. The second kappa shape index (κ2) is 7.98. The Balaban J connectivity index is 1.80. The Bertz CT molecular complexity index is 664. The van der Waals surface area contributed by atoms with Crippen LogP contribution in [-0.2, 0) is 22.6 Å². The molecule has 122 valence electrons. The monoisotopic (exact) mass is 317 g/mol. The van der Waals surface area contributed by atoms with Crippen molar-refractivity contribution in [2.75, 3.05) is 11.9 Å². The Morgan fingerprint density at radius 3 is 2.65 bits per heavy atom. The summed E-state index contributed by atoms with van der Waals surface area (Å²) in [5, 5.41) is 15.3. The predicted molar refractivity (Wildman–Crippen MR) is 84.4 cm³/mol. The summed E-state index contributed by atoms with van der Waals surface area (Å²) in [7, 11) is 0. The van der Waals surface area contributed by atoms with Gasteiger partial charge in [-0.15, -0.1) is 0 Å². The first-order chi connectivity index (χ1) is 11.1. The summed E-state index contributed by atoms with van der Waals surface area (Å²) < 4.78 is 6.62. The van der Waals surface area contributed by atoms with Crippen molar-refractivity contribution in [3.05, 3.63) is 42.1 Å². The van der Waals surface area contributed by atoms with Crippen molar-refractivity contribution in [2.24, 2.45) is 0 Å². The summed E-state index contributed by atoms with van der Waals surface area (Å²) in [5.41, 5.74) is 1.04. The Morgan fingerprint density at radius 1 is 1.26 bits per heavy atom. The summed E-state index contributed by atoms with van der Waals surface area (Å²) in [6.07, 6.45) is 2.43. The number of aromatic nitrogens is 2. The highest BCUT2D eigenvalue weighted by molar-refractivity contribution is 5.89. The molecule has 0 aliphatic rings. The van der Waals surface area contributed by atoms with E-state index in [0.717, 1.165) is 11.3 Å². The average Bonchev–Trinajstić information content (AvgIpc) is 2.93. The van der Waals surface area contributed by atoms with Crippen LogP contribution in [0.15, 0.2) is 36.5 Å². The number of ether oxygens (including phenoxy) is 1. The van der Waals surface area contributed by atoms with Crippen LogP contribution >= 0.6 is 0 Å². The molecule has 0 spiro atoms. The largest absolute Gasteiger partial charge is 0.494 e. The van der Waals surface area contributed by atoms with Crippen LogP contribution in [0.3, 0.4) is 0 Å². The predicted octanol–water partition coefficient (Wildman–Crippen LogP) is 1.94. The molecule has 1 amide bonds. The van der Waals surface area contributed by atoms with Crippen molar-refractivity contribution >= 4 is 17.7 Å². The number of amides is 1. The zero-order valence-corrected chi connectivity index (χ0v) is 12.9. The number of carboxylic acid groups (broad SMARTS) is 1. The Labute approximate surface area is 133 Å². The van der Waals surface area contributed by atoms with Crippen LogP contribution in [0.4, 0.5) is 5.82 Å². The third-order valence-corrected chi connectivity index (χ3v) is 3.08. The maximum absolute atomic E-state index is 11.9. The highest BCUT2D eigenvalue weighted by Crippen LogP contribution is 2.13. The van der Waals surface area contributed by atoms with E-state index in [1.165, 1.54) is 10.9 Å². The third-order valence-electron chi connectivity index (χ3n) is 3.08. The molecule has 0 aliphatic carbocycles. The number of aliphatic carboxylic acids is 1. The molecule has 1 heterocycles. The maximum Gasteiger partial charge on any atom is 0.325 e. The minimum atomic E-state index is -0.985. The molecule has 0 saturated heterocycles. The highest BCUT2D eigenvalue weighted by atomic mass is 16.5. The van der Waals surface area contributed by atoms with E-state index in [-0.39, 0.29) is 12.5 Å². The molecule has 2 N–H and O–H groups in total. The number of carbonyl (C=O) groups is 2. The number of nitrogens with one attached hydrogen (secondary N) is 1. The summed E-state index contributed by atoms with van der Waals surface area (Å²) in [6.45, 7) is 2.31. The molecule has 2 rings (SSSR count). The van der Waals surface area contributed by atoms with Gasteiger partial charge in [-0.25, -0.2) is 0 Å². The number of carbonyl (C=O) groups excluding carboxylic acids is 1. The molecule has 7 heteroatoms. The number of anilines is 1. The number of benzene rings is 1. The first kappa shape index (κ1) is 16.5. The molecule has 0 radical (unpaired) electrons. The molecule has 1 aromatic carbocycles. The number of aryl methyl sites for hydroxylation is 1. The summed E-state index contributed by atoms with van der Waals surface area (Å²) in [5.74, 6) is 0.00792. The van der Waals surface area contributed by atoms with E-state index in [1.807, 2.05) is 31.2 Å². The van der Waals surface area contributed by atoms with Crippen molar-refractivity contribution in [2.45, 2.75) is 26.3 Å². The zero-order valence-electron chi connectivity index (χ0n) is 12.9. The fourth-order valence-electron chi connectivity index (χ4n) is 2.04. The summed E-state index contributed by atoms with van der Waals surface area (Å²) in [6, 6.07) is 9.19. The van der Waals surface area contributed by atoms with Crippen LogP contribution in [0, 0.1) is 0 Å². The quantitative estimate of drug-likeness (QED) is 0.776. The van der Waals surface area contributed by atoms with Crippen molar-refractivity contribution < 1.29 is 19.4 Å². The van der Waals surface area contributed by atoms with Gasteiger partial charge in [0.25, 0.3) is 0 Å². The Morgan fingerprint density at radius 2 is 2.00 bits per heavy atom. The van der Waals surface area contributed by atoms with Crippen molar-refractivity contribution in [1.29, 1.82) is 0 Å². The molecular weight excluding hydrogens is 298 g/mol. The number of hydrogen-bond donors (Lipinski definition) is 2. The van der Waals surface area contributed by atoms with Crippen LogP contribution in [0.1, 0.15) is 18.9 Å². The third kappa shape index (κ3) is 5.46. The molecule has 0 atom stereocenters. The van der Waals surface area contributed by atoms with Crippen molar-refractivity contribution in [3.63, 3.8) is 0 Å². The fourth-order valence-corrected chi connectivity index (χ4v) is 2.04. The van der Waals surface area contributed by atoms with E-state index in [4.69, 9.17) is 9.84 Å². The van der Waals surface area contributed by atoms with Crippen LogP contribution < -0.4 is 10.1 Å². The molecule has 1 aromatic heterocycles. The second-order valence-electron chi connectivity index (χ2n) is 4.92. The lowest BCUT2D eigenvalue weighted by atomic mass is 10.1. The van der Waals surface area contributed by atoms with Gasteiger partial charge >= 0.3 is 5.97 Å². The first-order valence-electron chi connectivity index (χ1n) is 7.33. The van der Waals surface area contributed by atoms with Crippen LogP contribution in [-0.4, -0.2) is 33.4 Å². The van der Waals surface area contributed by atoms with Crippen molar-refractivity contribution in [3.8, 4) is 5.75 Å². The molecule has 0 aliphatic heterocycles. The van der Waals surface area contributed by atoms with Gasteiger partial charge in [0.2, 0.25) is 5.91 Å². The molecule has 0 fully saturated rings. The van der Waals surface area contributed by atoms with E-state index in [2.05, 4.69) is 10.4 Å². The first-order valence-corrected chi connectivity index (χ1v) is 7.33. The SMILES string of the molecule is CCOc1ccc(CCC(=O)Nc2ccn(CC(=O)O)n2)cc1. The van der Waals surface area contributed by atoms with E-state index in [0.29, 0.717) is 25.3 Å². The van der Waals surface area contributed by atoms with Gasteiger partial charge in [-0.1, -0.05) is 12.1 Å². The number of hydrogen-bond acceptors (Lipinski definition) is 4. The van der Waals surface area contributed by atoms with Gasteiger partial charge in [-0.05, 0) is 31.0 Å². The molecule has 0 unspecified atom stereocenters. The molecule has 0 saturated carbocycles. The summed E-state index contributed by atoms with van der Waals surface area (Å²) >= 11 is 0. The van der Waals surface area contributed by atoms with Crippen LogP contribution in [0.2, 0.25) is 0 Å². The van der Waals surface area contributed by atoms with E-state index in [1.54, 1.807) is 6.07 Å². The molecule has 2 aromatic rings. The minimum Gasteiger partial charge on any atom is -0.494 e. The number of carboxylic acids is 1. The number of nitrogens with zero attached hydrogens (tertiary/aromatic N) is 2. The van der Waals surface area contributed by atoms with E-state index < -0.39 is 5.97 Å². The number of rotatable bonds is 8. The molecule has 23 heavy (non-hydrogen) atoms. The van der Waals surface area contributed by atoms with Crippen molar-refractivity contribution in [1.82, 2.24) is 9.78 Å². The maximum atomic E-state index is 11.9. The van der Waals surface area contributed by atoms with E-state index in [9.17, 15) is 9.59 Å². The fraction of sp³-hybridized carbons (Fsp3) is 0.312. The van der Waals surface area contributed by atoms with Gasteiger partial charge in [0.15, 0.2) is 5.82 Å². The van der Waals surface area contributed by atoms with Crippen LogP contribution in [0.5, 0.6) is 5.75 Å². The van der Waals surface area contributed by atoms with Gasteiger partial charge in [-0.3, -0.25) is 14.3 Å². The van der Waals surface area contributed by atoms with Gasteiger partial charge in [0, 0.05) is 18.7 Å². The normalized spacial score (nSPS) is 10.3. The van der Waals surface area contributed by atoms with Gasteiger partial charge in [0.05, 0.1) is 6.61 Å². The Kier molecular flexibility index (Phi) is 5.74. The van der Waals surface area contributed by atoms with Gasteiger partial charge in [-0.2, -0.15) is 5.10 Å². The zero-order chi connectivity index (χ0) is 16.7. The van der Waals surface area contributed by atoms with Gasteiger partial charge in [0.1, 0.15) is 12.3 Å². The lowest BCUT2D eigenvalue weighted by molar-refractivity contribution is -0.137. The van der Waals surface area contributed by atoms with Crippen LogP contribution in [0.25, 0.3) is 0 Å². The molecule has 7 nitrogen and oxygen atoms in total. The lowest BCUT2D eigenvalue weighted by Gasteiger charge is -2.05.